The molecule has 3 nitrogen and oxygen atoms in total. The first-order valence-electron chi connectivity index (χ1n) is 4.82. The van der Waals surface area contributed by atoms with E-state index in [-0.39, 0.29) is 6.54 Å². The van der Waals surface area contributed by atoms with Crippen LogP contribution in [0.4, 0.5) is 4.39 Å². The lowest BCUT2D eigenvalue weighted by Gasteiger charge is -2.21. The van der Waals surface area contributed by atoms with Crippen molar-refractivity contribution in [2.75, 3.05) is 13.1 Å². The number of hydrogen-bond acceptors (Lipinski definition) is 2. The third-order valence-corrected chi connectivity index (χ3v) is 2.84. The summed E-state index contributed by atoms with van der Waals surface area (Å²) in [6, 6.07) is 8.92. The third kappa shape index (κ3) is 1.61. The molecule has 2 N–H and O–H groups in total. The zero-order valence-electron chi connectivity index (χ0n) is 8.11. The monoisotopic (exact) mass is 209 g/mol. The molecule has 4 heteroatoms. The van der Waals surface area contributed by atoms with Crippen molar-refractivity contribution in [3.05, 3.63) is 35.9 Å². The van der Waals surface area contributed by atoms with Gasteiger partial charge in [-0.3, -0.25) is 0 Å². The molecular weight excluding hydrogens is 197 g/mol. The highest BCUT2D eigenvalue weighted by Crippen LogP contribution is 2.35. The minimum absolute atomic E-state index is 0.123. The van der Waals surface area contributed by atoms with E-state index in [0.717, 1.165) is 5.56 Å². The van der Waals surface area contributed by atoms with Crippen molar-refractivity contribution in [2.45, 2.75) is 11.6 Å². The minimum Gasteiger partial charge on any atom is -0.479 e. The van der Waals surface area contributed by atoms with Gasteiger partial charge in [0.1, 0.15) is 0 Å². The maximum absolute atomic E-state index is 14.1. The predicted molar refractivity (Wildman–Crippen MR) is 53.5 cm³/mol. The fraction of sp³-hybridized carbons (Fsp3) is 0.364. The zero-order valence-corrected chi connectivity index (χ0v) is 8.11. The van der Waals surface area contributed by atoms with Crippen molar-refractivity contribution in [1.82, 2.24) is 5.32 Å². The summed E-state index contributed by atoms with van der Waals surface area (Å²) in [6.07, 6.45) is 0. The normalized spacial score (nSPS) is 30.3. The highest BCUT2D eigenvalue weighted by atomic mass is 19.1. The van der Waals surface area contributed by atoms with Crippen molar-refractivity contribution in [2.24, 2.45) is 0 Å². The number of alkyl halides is 1. The Hall–Kier alpha value is -1.42. The Kier molecular flexibility index (Phi) is 2.44. The second kappa shape index (κ2) is 3.62. The van der Waals surface area contributed by atoms with Gasteiger partial charge in [0.2, 0.25) is 5.67 Å². The summed E-state index contributed by atoms with van der Waals surface area (Å²) in [6.45, 7) is 0.245. The maximum Gasteiger partial charge on any atom is 0.343 e. The van der Waals surface area contributed by atoms with E-state index < -0.39 is 17.6 Å². The van der Waals surface area contributed by atoms with E-state index >= 15 is 0 Å². The molecule has 0 unspecified atom stereocenters. The molecule has 2 atom stereocenters. The minimum atomic E-state index is -2.18. The van der Waals surface area contributed by atoms with E-state index in [9.17, 15) is 9.18 Å². The summed E-state index contributed by atoms with van der Waals surface area (Å²) in [7, 11) is 0. The van der Waals surface area contributed by atoms with Crippen LogP contribution in [0.15, 0.2) is 30.3 Å². The van der Waals surface area contributed by atoms with Gasteiger partial charge in [0.15, 0.2) is 0 Å². The maximum atomic E-state index is 14.1. The van der Waals surface area contributed by atoms with E-state index in [1.807, 2.05) is 6.07 Å². The molecule has 0 amide bonds. The zero-order chi connectivity index (χ0) is 10.9. The van der Waals surface area contributed by atoms with Crippen LogP contribution in [0.1, 0.15) is 11.5 Å². The van der Waals surface area contributed by atoms with Gasteiger partial charge < -0.3 is 10.4 Å². The Bertz CT molecular complexity index is 368. The first-order valence-corrected chi connectivity index (χ1v) is 4.82. The molecule has 1 fully saturated rings. The first kappa shape index (κ1) is 10.1. The first-order chi connectivity index (χ1) is 7.14. The van der Waals surface area contributed by atoms with Crippen molar-refractivity contribution in [3.63, 3.8) is 0 Å². The number of hydrogen-bond donors (Lipinski definition) is 2. The SMILES string of the molecule is O=C(O)[C@]1(F)CNC[C@H]1c1ccccc1. The molecule has 0 spiro atoms. The van der Waals surface area contributed by atoms with Gasteiger partial charge in [-0.05, 0) is 5.56 Å². The number of carbonyl (C=O) groups is 1. The number of carboxylic acid groups (broad SMARTS) is 1. The topological polar surface area (TPSA) is 49.3 Å². The highest BCUT2D eigenvalue weighted by Gasteiger charge is 2.50. The number of nitrogens with one attached hydrogen (secondary N) is 1. The Labute approximate surface area is 86.9 Å². The quantitative estimate of drug-likeness (QED) is 0.768. The summed E-state index contributed by atoms with van der Waals surface area (Å²) in [5, 5.41) is 11.7. The molecule has 0 bridgehead atoms. The fourth-order valence-corrected chi connectivity index (χ4v) is 1.98. The fourth-order valence-electron chi connectivity index (χ4n) is 1.98. The molecule has 0 saturated carbocycles. The van der Waals surface area contributed by atoms with Crippen molar-refractivity contribution in [3.8, 4) is 0 Å². The standard InChI is InChI=1S/C11H12FNO2/c12-11(10(14)15)7-13-6-9(11)8-4-2-1-3-5-8/h1-5,9,13H,6-7H2,(H,14,15)/t9-,11-/m0/s1. The number of halogens is 1. The summed E-state index contributed by atoms with van der Waals surface area (Å²) < 4.78 is 14.1. The average molecular weight is 209 g/mol. The van der Waals surface area contributed by atoms with Crippen molar-refractivity contribution < 1.29 is 14.3 Å². The van der Waals surface area contributed by atoms with Crippen molar-refractivity contribution in [1.29, 1.82) is 0 Å². The second-order valence-corrected chi connectivity index (χ2v) is 3.76. The predicted octanol–water partition coefficient (Wildman–Crippen LogP) is 1.17. The molecule has 1 aromatic carbocycles. The molecule has 1 aliphatic rings. The van der Waals surface area contributed by atoms with Gasteiger partial charge in [0.25, 0.3) is 0 Å². The molecular formula is C11H12FNO2. The number of carboxylic acids is 1. The Morgan fingerprint density at radius 3 is 2.73 bits per heavy atom. The third-order valence-electron chi connectivity index (χ3n) is 2.84. The Balaban J connectivity index is 2.34. The van der Waals surface area contributed by atoms with Gasteiger partial charge in [-0.1, -0.05) is 30.3 Å². The molecule has 80 valence electrons. The van der Waals surface area contributed by atoms with Crippen LogP contribution in [-0.2, 0) is 4.79 Å². The lowest BCUT2D eigenvalue weighted by Crippen LogP contribution is -2.40. The molecule has 0 radical (unpaired) electrons. The molecule has 15 heavy (non-hydrogen) atoms. The molecule has 2 rings (SSSR count). The average Bonchev–Trinajstić information content (AvgIpc) is 2.63. The van der Waals surface area contributed by atoms with E-state index in [1.54, 1.807) is 24.3 Å². The number of benzene rings is 1. The van der Waals surface area contributed by atoms with Gasteiger partial charge in [-0.25, -0.2) is 9.18 Å². The smallest absolute Gasteiger partial charge is 0.343 e. The van der Waals surface area contributed by atoms with Gasteiger partial charge in [-0.15, -0.1) is 0 Å². The van der Waals surface area contributed by atoms with Crippen molar-refractivity contribution >= 4 is 5.97 Å². The van der Waals surface area contributed by atoms with Gasteiger partial charge in [0.05, 0.1) is 0 Å². The van der Waals surface area contributed by atoms with E-state index in [1.165, 1.54) is 0 Å². The largest absolute Gasteiger partial charge is 0.479 e. The summed E-state index contributed by atoms with van der Waals surface area (Å²) in [5.74, 6) is -1.99. The Morgan fingerprint density at radius 1 is 1.47 bits per heavy atom. The lowest BCUT2D eigenvalue weighted by atomic mass is 9.86. The van der Waals surface area contributed by atoms with E-state index in [0.29, 0.717) is 6.54 Å². The van der Waals surface area contributed by atoms with Gasteiger partial charge in [0, 0.05) is 19.0 Å². The van der Waals surface area contributed by atoms with E-state index in [2.05, 4.69) is 5.32 Å². The Morgan fingerprint density at radius 2 is 2.13 bits per heavy atom. The second-order valence-electron chi connectivity index (χ2n) is 3.76. The highest BCUT2D eigenvalue weighted by molar-refractivity contribution is 5.80. The summed E-state index contributed by atoms with van der Waals surface area (Å²) >= 11 is 0. The molecule has 0 aromatic heterocycles. The van der Waals surface area contributed by atoms with Crippen LogP contribution in [0, 0.1) is 0 Å². The summed E-state index contributed by atoms with van der Waals surface area (Å²) in [5.41, 5.74) is -1.45. The summed E-state index contributed by atoms with van der Waals surface area (Å²) in [4.78, 5) is 10.9. The van der Waals surface area contributed by atoms with Crippen LogP contribution < -0.4 is 5.32 Å². The van der Waals surface area contributed by atoms with Crippen LogP contribution in [0.3, 0.4) is 0 Å². The van der Waals surface area contributed by atoms with Crippen LogP contribution in [0.2, 0.25) is 0 Å². The molecule has 1 saturated heterocycles. The lowest BCUT2D eigenvalue weighted by molar-refractivity contribution is -0.150. The molecule has 0 aliphatic carbocycles. The van der Waals surface area contributed by atoms with Crippen LogP contribution >= 0.6 is 0 Å². The van der Waals surface area contributed by atoms with E-state index in [4.69, 9.17) is 5.11 Å². The van der Waals surface area contributed by atoms with Crippen LogP contribution in [-0.4, -0.2) is 29.8 Å². The molecule has 1 aromatic rings. The van der Waals surface area contributed by atoms with Crippen LogP contribution in [0.5, 0.6) is 0 Å². The molecule has 1 heterocycles. The molecule has 1 aliphatic heterocycles. The van der Waals surface area contributed by atoms with Gasteiger partial charge in [-0.2, -0.15) is 0 Å². The number of aliphatic carboxylic acids is 1. The van der Waals surface area contributed by atoms with Gasteiger partial charge >= 0.3 is 5.97 Å². The van der Waals surface area contributed by atoms with Crippen LogP contribution in [0.25, 0.3) is 0 Å². The number of rotatable bonds is 2.